The van der Waals surface area contributed by atoms with E-state index < -0.39 is 5.72 Å². The number of fused-ring (bicyclic) bond motifs is 1. The van der Waals surface area contributed by atoms with Gasteiger partial charge in [0.15, 0.2) is 5.72 Å². The van der Waals surface area contributed by atoms with Crippen LogP contribution in [-0.2, 0) is 5.72 Å². The van der Waals surface area contributed by atoms with E-state index in [9.17, 15) is 9.90 Å². The first-order chi connectivity index (χ1) is 9.59. The summed E-state index contributed by atoms with van der Waals surface area (Å²) in [5, 5.41) is 11.1. The van der Waals surface area contributed by atoms with Gasteiger partial charge in [-0.25, -0.2) is 0 Å². The monoisotopic (exact) mass is 269 g/mol. The summed E-state index contributed by atoms with van der Waals surface area (Å²) in [6, 6.07) is 14.2. The van der Waals surface area contributed by atoms with Crippen molar-refractivity contribution in [2.75, 3.05) is 14.2 Å². The van der Waals surface area contributed by atoms with Gasteiger partial charge < -0.3 is 14.7 Å². The first-order valence-corrected chi connectivity index (χ1v) is 6.33. The van der Waals surface area contributed by atoms with Crippen LogP contribution in [-0.4, -0.2) is 30.1 Å². The van der Waals surface area contributed by atoms with E-state index >= 15 is 0 Å². The Hall–Kier alpha value is -2.33. The van der Waals surface area contributed by atoms with Gasteiger partial charge in [-0.1, -0.05) is 30.3 Å². The number of carbonyl (C=O) groups is 1. The van der Waals surface area contributed by atoms with Crippen LogP contribution in [0.1, 0.15) is 21.5 Å². The van der Waals surface area contributed by atoms with Gasteiger partial charge in [-0.05, 0) is 18.2 Å². The Kier molecular flexibility index (Phi) is 2.76. The lowest BCUT2D eigenvalue weighted by Gasteiger charge is -2.32. The largest absolute Gasteiger partial charge is 0.497 e. The summed E-state index contributed by atoms with van der Waals surface area (Å²) in [4.78, 5) is 13.6. The molecule has 0 saturated carbocycles. The number of carbonyl (C=O) groups excluding carboxylic acids is 1. The predicted molar refractivity (Wildman–Crippen MR) is 74.5 cm³/mol. The zero-order chi connectivity index (χ0) is 14.3. The SMILES string of the molecule is COc1ccc(C2(O)c3ccccc3C(=O)N2C)cc1. The lowest BCUT2D eigenvalue weighted by Crippen LogP contribution is -2.41. The topological polar surface area (TPSA) is 49.8 Å². The van der Waals surface area contributed by atoms with Crippen molar-refractivity contribution >= 4 is 5.91 Å². The van der Waals surface area contributed by atoms with Gasteiger partial charge in [0.1, 0.15) is 5.75 Å². The van der Waals surface area contributed by atoms with Gasteiger partial charge in [-0.15, -0.1) is 0 Å². The molecule has 4 heteroatoms. The highest BCUT2D eigenvalue weighted by Crippen LogP contribution is 2.41. The zero-order valence-electron chi connectivity index (χ0n) is 11.3. The summed E-state index contributed by atoms with van der Waals surface area (Å²) in [6.07, 6.45) is 0. The summed E-state index contributed by atoms with van der Waals surface area (Å²) in [5.41, 5.74) is 0.352. The van der Waals surface area contributed by atoms with Gasteiger partial charge >= 0.3 is 0 Å². The van der Waals surface area contributed by atoms with Gasteiger partial charge in [0, 0.05) is 23.7 Å². The number of hydrogen-bond acceptors (Lipinski definition) is 3. The molecule has 1 atom stereocenters. The second-order valence-electron chi connectivity index (χ2n) is 4.81. The third-order valence-electron chi connectivity index (χ3n) is 3.82. The summed E-state index contributed by atoms with van der Waals surface area (Å²) in [6.45, 7) is 0. The molecule has 1 aliphatic heterocycles. The van der Waals surface area contributed by atoms with Gasteiger partial charge in [0.05, 0.1) is 7.11 Å². The molecular formula is C16H15NO3. The van der Waals surface area contributed by atoms with Crippen molar-refractivity contribution in [2.24, 2.45) is 0 Å². The molecule has 1 amide bonds. The third-order valence-corrected chi connectivity index (χ3v) is 3.82. The van der Waals surface area contributed by atoms with E-state index in [2.05, 4.69) is 0 Å². The standard InChI is InChI=1S/C16H15NO3/c1-17-15(18)13-5-3-4-6-14(13)16(17,19)11-7-9-12(20-2)10-8-11/h3-10,19H,1-2H3. The van der Waals surface area contributed by atoms with Gasteiger partial charge in [-0.2, -0.15) is 0 Å². The maximum Gasteiger partial charge on any atom is 0.256 e. The molecule has 0 aromatic heterocycles. The predicted octanol–water partition coefficient (Wildman–Crippen LogP) is 1.97. The number of aliphatic hydroxyl groups is 1. The maximum absolute atomic E-state index is 12.2. The smallest absolute Gasteiger partial charge is 0.256 e. The zero-order valence-corrected chi connectivity index (χ0v) is 11.3. The molecule has 3 rings (SSSR count). The van der Waals surface area contributed by atoms with E-state index in [1.807, 2.05) is 6.07 Å². The number of rotatable bonds is 2. The molecule has 0 radical (unpaired) electrons. The van der Waals surface area contributed by atoms with Crippen LogP contribution in [0.15, 0.2) is 48.5 Å². The highest BCUT2D eigenvalue weighted by Gasteiger charge is 2.47. The molecule has 0 spiro atoms. The lowest BCUT2D eigenvalue weighted by molar-refractivity contribution is -0.0369. The van der Waals surface area contributed by atoms with Crippen LogP contribution in [0, 0.1) is 0 Å². The van der Waals surface area contributed by atoms with E-state index in [-0.39, 0.29) is 5.91 Å². The molecule has 20 heavy (non-hydrogen) atoms. The van der Waals surface area contributed by atoms with Gasteiger partial charge in [0.25, 0.3) is 5.91 Å². The summed E-state index contributed by atoms with van der Waals surface area (Å²) in [7, 11) is 3.19. The van der Waals surface area contributed by atoms with Crippen LogP contribution in [0.5, 0.6) is 5.75 Å². The first kappa shape index (κ1) is 12.7. The van der Waals surface area contributed by atoms with Crippen molar-refractivity contribution in [3.8, 4) is 5.75 Å². The van der Waals surface area contributed by atoms with Crippen molar-refractivity contribution in [1.29, 1.82) is 0 Å². The molecule has 0 bridgehead atoms. The molecule has 1 N–H and O–H groups in total. The number of hydrogen-bond donors (Lipinski definition) is 1. The number of benzene rings is 2. The summed E-state index contributed by atoms with van der Waals surface area (Å²) < 4.78 is 5.12. The lowest BCUT2D eigenvalue weighted by atomic mass is 9.94. The molecule has 2 aromatic rings. The van der Waals surface area contributed by atoms with Crippen LogP contribution < -0.4 is 4.74 Å². The minimum Gasteiger partial charge on any atom is -0.497 e. The molecule has 4 nitrogen and oxygen atoms in total. The van der Waals surface area contributed by atoms with Crippen molar-refractivity contribution in [1.82, 2.24) is 4.90 Å². The van der Waals surface area contributed by atoms with Crippen LogP contribution in [0.2, 0.25) is 0 Å². The second-order valence-corrected chi connectivity index (χ2v) is 4.81. The van der Waals surface area contributed by atoms with Crippen LogP contribution in [0.3, 0.4) is 0 Å². The van der Waals surface area contributed by atoms with Gasteiger partial charge in [0.2, 0.25) is 0 Å². The van der Waals surface area contributed by atoms with E-state index in [1.54, 1.807) is 56.6 Å². The minimum atomic E-state index is -1.43. The van der Waals surface area contributed by atoms with Crippen LogP contribution >= 0.6 is 0 Å². The van der Waals surface area contributed by atoms with E-state index in [0.717, 1.165) is 0 Å². The Balaban J connectivity index is 2.17. The normalized spacial score (nSPS) is 20.9. The molecule has 1 heterocycles. The Morgan fingerprint density at radius 1 is 1.10 bits per heavy atom. The Morgan fingerprint density at radius 2 is 1.75 bits per heavy atom. The summed E-state index contributed by atoms with van der Waals surface area (Å²) in [5.74, 6) is 0.525. The average molecular weight is 269 g/mol. The van der Waals surface area contributed by atoms with E-state index in [1.165, 1.54) is 4.90 Å². The number of nitrogens with zero attached hydrogens (tertiary/aromatic N) is 1. The average Bonchev–Trinajstić information content (AvgIpc) is 2.71. The van der Waals surface area contributed by atoms with Gasteiger partial charge in [-0.3, -0.25) is 4.79 Å². The van der Waals surface area contributed by atoms with E-state index in [0.29, 0.717) is 22.4 Å². The highest BCUT2D eigenvalue weighted by molar-refractivity contribution is 6.00. The fraction of sp³-hybridized carbons (Fsp3) is 0.188. The van der Waals surface area contributed by atoms with Crippen LogP contribution in [0.4, 0.5) is 0 Å². The molecule has 1 unspecified atom stereocenters. The Morgan fingerprint density at radius 3 is 2.40 bits per heavy atom. The third kappa shape index (κ3) is 1.55. The maximum atomic E-state index is 12.2. The molecule has 0 fully saturated rings. The van der Waals surface area contributed by atoms with Crippen molar-refractivity contribution in [3.63, 3.8) is 0 Å². The molecular weight excluding hydrogens is 254 g/mol. The Bertz CT molecular complexity index is 666. The number of ether oxygens (including phenoxy) is 1. The Labute approximate surface area is 117 Å². The minimum absolute atomic E-state index is 0.182. The molecule has 0 aliphatic carbocycles. The number of amides is 1. The molecule has 2 aromatic carbocycles. The van der Waals surface area contributed by atoms with Crippen molar-refractivity contribution < 1.29 is 14.6 Å². The molecule has 0 saturated heterocycles. The molecule has 1 aliphatic rings. The van der Waals surface area contributed by atoms with E-state index in [4.69, 9.17) is 4.74 Å². The van der Waals surface area contributed by atoms with Crippen LogP contribution in [0.25, 0.3) is 0 Å². The summed E-state index contributed by atoms with van der Waals surface area (Å²) >= 11 is 0. The number of methoxy groups -OCH3 is 1. The quantitative estimate of drug-likeness (QED) is 0.907. The fourth-order valence-electron chi connectivity index (χ4n) is 2.65. The van der Waals surface area contributed by atoms with Crippen molar-refractivity contribution in [3.05, 3.63) is 65.2 Å². The molecule has 102 valence electrons. The van der Waals surface area contributed by atoms with Crippen molar-refractivity contribution in [2.45, 2.75) is 5.72 Å². The fourth-order valence-corrected chi connectivity index (χ4v) is 2.65. The first-order valence-electron chi connectivity index (χ1n) is 6.33. The second kappa shape index (κ2) is 4.35. The highest BCUT2D eigenvalue weighted by atomic mass is 16.5.